The maximum absolute atomic E-state index is 13.7. The topological polar surface area (TPSA) is 38.8 Å². The minimum atomic E-state index is -4.36. The zero-order valence-electron chi connectivity index (χ0n) is 18.8. The molecular weight excluding hydrogens is 463 g/mol. The molecule has 0 N–H and O–H groups in total. The van der Waals surface area contributed by atoms with E-state index in [-0.39, 0.29) is 23.8 Å². The molecule has 5 rings (SSSR count). The Morgan fingerprint density at radius 3 is 2.38 bits per heavy atom. The number of amides is 1. The number of hydrogen-bond acceptors (Lipinski definition) is 4. The monoisotopic (exact) mass is 487 g/mol. The summed E-state index contributed by atoms with van der Waals surface area (Å²) >= 11 is 1.60. The van der Waals surface area contributed by atoms with Crippen LogP contribution in [0, 0.1) is 5.92 Å². The van der Waals surface area contributed by atoms with Gasteiger partial charge in [-0.15, -0.1) is 11.3 Å². The van der Waals surface area contributed by atoms with Gasteiger partial charge in [-0.3, -0.25) is 4.79 Å². The number of carbonyl (C=O) groups excluding carboxylic acids is 1. The van der Waals surface area contributed by atoms with Crippen LogP contribution in [0.2, 0.25) is 0 Å². The number of nitrogens with zero attached hydrogens (tertiary/aromatic N) is 1. The van der Waals surface area contributed by atoms with Gasteiger partial charge in [0.15, 0.2) is 11.5 Å². The van der Waals surface area contributed by atoms with Gasteiger partial charge in [0, 0.05) is 17.3 Å². The molecule has 1 aromatic heterocycles. The van der Waals surface area contributed by atoms with Crippen molar-refractivity contribution in [3.05, 3.63) is 81.0 Å². The second-order valence-corrected chi connectivity index (χ2v) is 9.65. The van der Waals surface area contributed by atoms with E-state index in [9.17, 15) is 18.0 Å². The lowest BCUT2D eigenvalue weighted by Crippen LogP contribution is -2.41. The lowest BCUT2D eigenvalue weighted by atomic mass is 9.90. The van der Waals surface area contributed by atoms with E-state index in [1.54, 1.807) is 25.6 Å². The van der Waals surface area contributed by atoms with Crippen LogP contribution in [-0.4, -0.2) is 31.6 Å². The molecule has 0 spiro atoms. The molecule has 0 radical (unpaired) electrons. The molecule has 2 heterocycles. The second kappa shape index (κ2) is 8.65. The molecule has 0 saturated heterocycles. The summed E-state index contributed by atoms with van der Waals surface area (Å²) in [5.41, 5.74) is 2.25. The maximum atomic E-state index is 13.7. The first-order valence-electron chi connectivity index (χ1n) is 11.1. The van der Waals surface area contributed by atoms with E-state index in [0.29, 0.717) is 30.9 Å². The van der Waals surface area contributed by atoms with Crippen molar-refractivity contribution in [2.75, 3.05) is 20.8 Å². The van der Waals surface area contributed by atoms with Crippen LogP contribution < -0.4 is 9.47 Å². The highest BCUT2D eigenvalue weighted by molar-refractivity contribution is 7.10. The minimum Gasteiger partial charge on any atom is -0.493 e. The molecule has 3 aromatic rings. The SMILES string of the molecule is COc1cc2c(cc1OC)[C@H](c1cccs1)N(C(=O)[C@H]1C[C@@H]1c1ccc(C(F)(F)F)cc1)CC2. The van der Waals surface area contributed by atoms with Gasteiger partial charge in [-0.25, -0.2) is 0 Å². The third-order valence-electron chi connectivity index (χ3n) is 6.74. The Bertz CT molecular complexity index is 1190. The fraction of sp³-hybridized carbons (Fsp3) is 0.346. The van der Waals surface area contributed by atoms with E-state index in [0.717, 1.165) is 33.7 Å². The fourth-order valence-corrected chi connectivity index (χ4v) is 5.76. The van der Waals surface area contributed by atoms with E-state index >= 15 is 0 Å². The van der Waals surface area contributed by atoms with E-state index in [4.69, 9.17) is 9.47 Å². The van der Waals surface area contributed by atoms with Crippen molar-refractivity contribution in [2.24, 2.45) is 5.92 Å². The summed E-state index contributed by atoms with van der Waals surface area (Å²) in [7, 11) is 3.20. The van der Waals surface area contributed by atoms with Gasteiger partial charge in [-0.2, -0.15) is 13.2 Å². The molecule has 1 saturated carbocycles. The van der Waals surface area contributed by atoms with Crippen LogP contribution in [0.1, 0.15) is 45.5 Å². The van der Waals surface area contributed by atoms with Gasteiger partial charge >= 0.3 is 6.18 Å². The number of thiophene rings is 1. The van der Waals surface area contributed by atoms with Gasteiger partial charge < -0.3 is 14.4 Å². The number of alkyl halides is 3. The number of ether oxygens (including phenoxy) is 2. The van der Waals surface area contributed by atoms with Crippen LogP contribution in [0.15, 0.2) is 53.9 Å². The largest absolute Gasteiger partial charge is 0.493 e. The first-order valence-corrected chi connectivity index (χ1v) is 12.0. The van der Waals surface area contributed by atoms with Gasteiger partial charge in [-0.1, -0.05) is 18.2 Å². The molecule has 1 aliphatic heterocycles. The molecule has 0 bridgehead atoms. The fourth-order valence-electron chi connectivity index (χ4n) is 4.91. The minimum absolute atomic E-state index is 0.0451. The quantitative estimate of drug-likeness (QED) is 0.439. The predicted molar refractivity (Wildman–Crippen MR) is 123 cm³/mol. The summed E-state index contributed by atoms with van der Waals surface area (Å²) in [6, 6.07) is 12.9. The number of halogens is 3. The number of carbonyl (C=O) groups is 1. The third-order valence-corrected chi connectivity index (χ3v) is 7.67. The van der Waals surface area contributed by atoms with Crippen molar-refractivity contribution in [1.29, 1.82) is 0 Å². The number of hydrogen-bond donors (Lipinski definition) is 0. The zero-order valence-corrected chi connectivity index (χ0v) is 19.6. The Labute approximate surface area is 199 Å². The van der Waals surface area contributed by atoms with Crippen LogP contribution in [0.4, 0.5) is 13.2 Å². The molecule has 0 unspecified atom stereocenters. The van der Waals surface area contributed by atoms with Gasteiger partial charge in [0.2, 0.25) is 5.91 Å². The number of fused-ring (bicyclic) bond motifs is 1. The Balaban J connectivity index is 1.43. The zero-order chi connectivity index (χ0) is 24.0. The van der Waals surface area contributed by atoms with E-state index in [1.165, 1.54) is 12.1 Å². The molecule has 34 heavy (non-hydrogen) atoms. The number of benzene rings is 2. The molecule has 8 heteroatoms. The summed E-state index contributed by atoms with van der Waals surface area (Å²) < 4.78 is 49.7. The maximum Gasteiger partial charge on any atom is 0.416 e. The highest BCUT2D eigenvalue weighted by Gasteiger charge is 2.48. The highest BCUT2D eigenvalue weighted by Crippen LogP contribution is 2.51. The Morgan fingerprint density at radius 2 is 1.76 bits per heavy atom. The first-order chi connectivity index (χ1) is 16.3. The average molecular weight is 488 g/mol. The van der Waals surface area contributed by atoms with Gasteiger partial charge in [-0.05, 0) is 71.2 Å². The molecule has 178 valence electrons. The van der Waals surface area contributed by atoms with Crippen LogP contribution in [0.5, 0.6) is 11.5 Å². The molecule has 3 atom stereocenters. The standard InChI is InChI=1S/C26H24F3NO3S/c1-32-21-12-16-9-10-30(24(23-4-3-11-34-23)19(16)14-22(21)33-2)25(31)20-13-18(20)15-5-7-17(8-6-15)26(27,28)29/h3-8,11-12,14,18,20,24H,9-10,13H2,1-2H3/t18-,20+,24-/m1/s1. The molecule has 1 fully saturated rings. The summed E-state index contributed by atoms with van der Waals surface area (Å²) in [5, 5.41) is 2.00. The third kappa shape index (κ3) is 4.04. The molecule has 2 aromatic carbocycles. The second-order valence-electron chi connectivity index (χ2n) is 8.67. The van der Waals surface area contributed by atoms with E-state index in [1.807, 2.05) is 34.5 Å². The number of methoxy groups -OCH3 is 2. The van der Waals surface area contributed by atoms with Crippen LogP contribution in [0.25, 0.3) is 0 Å². The smallest absolute Gasteiger partial charge is 0.416 e. The van der Waals surface area contributed by atoms with Crippen molar-refractivity contribution in [2.45, 2.75) is 31.0 Å². The van der Waals surface area contributed by atoms with Crippen molar-refractivity contribution >= 4 is 17.2 Å². The van der Waals surface area contributed by atoms with Crippen molar-refractivity contribution < 1.29 is 27.4 Å². The van der Waals surface area contributed by atoms with Gasteiger partial charge in [0.25, 0.3) is 0 Å². The predicted octanol–water partition coefficient (Wildman–Crippen LogP) is 6.06. The average Bonchev–Trinajstić information content (AvgIpc) is 3.46. The lowest BCUT2D eigenvalue weighted by Gasteiger charge is -2.37. The summed E-state index contributed by atoms with van der Waals surface area (Å²) in [6.45, 7) is 0.570. The number of rotatable bonds is 5. The Morgan fingerprint density at radius 1 is 1.06 bits per heavy atom. The summed E-state index contributed by atoms with van der Waals surface area (Å²) in [4.78, 5) is 16.6. The van der Waals surface area contributed by atoms with Gasteiger partial charge in [0.05, 0.1) is 25.8 Å². The Hall–Kier alpha value is -3.00. The van der Waals surface area contributed by atoms with E-state index in [2.05, 4.69) is 0 Å². The summed E-state index contributed by atoms with van der Waals surface area (Å²) in [5.74, 6) is 1.05. The van der Waals surface area contributed by atoms with Crippen molar-refractivity contribution in [3.8, 4) is 11.5 Å². The molecule has 2 aliphatic rings. The molecular formula is C26H24F3NO3S. The lowest BCUT2D eigenvalue weighted by molar-refractivity contribution is -0.137. The molecule has 4 nitrogen and oxygen atoms in total. The molecule has 1 amide bonds. The van der Waals surface area contributed by atoms with Crippen LogP contribution in [-0.2, 0) is 17.4 Å². The van der Waals surface area contributed by atoms with Crippen molar-refractivity contribution in [3.63, 3.8) is 0 Å². The Kier molecular flexibility index (Phi) is 5.80. The van der Waals surface area contributed by atoms with Gasteiger partial charge in [0.1, 0.15) is 0 Å². The highest BCUT2D eigenvalue weighted by atomic mass is 32.1. The van der Waals surface area contributed by atoms with Crippen LogP contribution in [0.3, 0.4) is 0 Å². The van der Waals surface area contributed by atoms with Crippen LogP contribution >= 0.6 is 11.3 Å². The first kappa shape index (κ1) is 22.8. The summed E-state index contributed by atoms with van der Waals surface area (Å²) in [6.07, 6.45) is -3.02. The van der Waals surface area contributed by atoms with Crippen molar-refractivity contribution in [1.82, 2.24) is 4.90 Å². The van der Waals surface area contributed by atoms with E-state index < -0.39 is 11.7 Å². The molecule has 1 aliphatic carbocycles. The normalized spacial score (nSPS) is 21.7.